The van der Waals surface area contributed by atoms with Crippen molar-refractivity contribution in [2.24, 2.45) is 5.73 Å². The molecule has 1 saturated carbocycles. The Balaban J connectivity index is 1.94. The highest BCUT2D eigenvalue weighted by Gasteiger charge is 2.34. The van der Waals surface area contributed by atoms with Crippen molar-refractivity contribution in [3.05, 3.63) is 30.1 Å². The standard InChI is InChI=1S/C16H23N3O/c1-2-19-14-8-4-3-7-13(14)18-15(19)11-16(20)9-5-6-12(17)10-16/h3-4,7-8,12,20H,2,5-6,9-11,17H2,1H3. The molecular formula is C16H23N3O. The summed E-state index contributed by atoms with van der Waals surface area (Å²) in [6.45, 7) is 2.99. The highest BCUT2D eigenvalue weighted by molar-refractivity contribution is 5.75. The Bertz CT molecular complexity index is 607. The van der Waals surface area contributed by atoms with Crippen LogP contribution in [0.3, 0.4) is 0 Å². The first-order valence-electron chi connectivity index (χ1n) is 7.53. The van der Waals surface area contributed by atoms with Crippen LogP contribution < -0.4 is 5.73 Å². The molecule has 3 rings (SSSR count). The van der Waals surface area contributed by atoms with Crippen molar-refractivity contribution in [2.75, 3.05) is 0 Å². The molecule has 20 heavy (non-hydrogen) atoms. The molecule has 0 bridgehead atoms. The van der Waals surface area contributed by atoms with E-state index in [1.54, 1.807) is 0 Å². The zero-order valence-electron chi connectivity index (χ0n) is 12.0. The second-order valence-corrected chi connectivity index (χ2v) is 6.02. The first-order valence-corrected chi connectivity index (χ1v) is 7.53. The van der Waals surface area contributed by atoms with E-state index in [1.807, 2.05) is 18.2 Å². The maximum Gasteiger partial charge on any atom is 0.112 e. The van der Waals surface area contributed by atoms with Crippen molar-refractivity contribution >= 4 is 11.0 Å². The molecule has 0 aliphatic heterocycles. The van der Waals surface area contributed by atoms with Crippen LogP contribution in [-0.4, -0.2) is 26.3 Å². The highest BCUT2D eigenvalue weighted by atomic mass is 16.3. The monoisotopic (exact) mass is 273 g/mol. The number of benzene rings is 1. The summed E-state index contributed by atoms with van der Waals surface area (Å²) in [6, 6.07) is 8.27. The SMILES string of the molecule is CCn1c(CC2(O)CCCC(N)C2)nc2ccccc21. The van der Waals surface area contributed by atoms with Gasteiger partial charge in [0.25, 0.3) is 0 Å². The molecule has 1 fully saturated rings. The second kappa shape index (κ2) is 5.19. The van der Waals surface area contributed by atoms with Crippen molar-refractivity contribution in [1.82, 2.24) is 9.55 Å². The second-order valence-electron chi connectivity index (χ2n) is 6.02. The number of nitrogens with two attached hydrogens (primary N) is 1. The van der Waals surface area contributed by atoms with E-state index >= 15 is 0 Å². The van der Waals surface area contributed by atoms with Crippen molar-refractivity contribution in [3.63, 3.8) is 0 Å². The zero-order chi connectivity index (χ0) is 14.2. The lowest BCUT2D eigenvalue weighted by Gasteiger charge is -2.35. The number of hydrogen-bond acceptors (Lipinski definition) is 3. The number of imidazole rings is 1. The molecule has 0 spiro atoms. The quantitative estimate of drug-likeness (QED) is 0.901. The summed E-state index contributed by atoms with van der Waals surface area (Å²) < 4.78 is 2.20. The smallest absolute Gasteiger partial charge is 0.112 e. The minimum atomic E-state index is -0.689. The van der Waals surface area contributed by atoms with Gasteiger partial charge in [-0.1, -0.05) is 12.1 Å². The molecule has 4 nitrogen and oxygen atoms in total. The summed E-state index contributed by atoms with van der Waals surface area (Å²) >= 11 is 0. The maximum absolute atomic E-state index is 10.8. The van der Waals surface area contributed by atoms with Gasteiger partial charge in [-0.2, -0.15) is 0 Å². The fraction of sp³-hybridized carbons (Fsp3) is 0.562. The average Bonchev–Trinajstić information content (AvgIpc) is 2.74. The number of hydrogen-bond donors (Lipinski definition) is 2. The normalized spacial score (nSPS) is 27.1. The summed E-state index contributed by atoms with van der Waals surface area (Å²) in [5, 5.41) is 10.8. The number of aromatic nitrogens is 2. The molecule has 1 heterocycles. The molecule has 1 aliphatic rings. The van der Waals surface area contributed by atoms with Crippen LogP contribution in [0.2, 0.25) is 0 Å². The Morgan fingerprint density at radius 3 is 3.00 bits per heavy atom. The molecule has 108 valence electrons. The van der Waals surface area contributed by atoms with Gasteiger partial charge in [-0.15, -0.1) is 0 Å². The molecule has 3 N–H and O–H groups in total. The van der Waals surface area contributed by atoms with Crippen LogP contribution in [0.1, 0.15) is 38.4 Å². The largest absolute Gasteiger partial charge is 0.389 e. The van der Waals surface area contributed by atoms with E-state index in [0.29, 0.717) is 12.8 Å². The highest BCUT2D eigenvalue weighted by Crippen LogP contribution is 2.31. The Morgan fingerprint density at radius 2 is 2.25 bits per heavy atom. The summed E-state index contributed by atoms with van der Waals surface area (Å²) in [4.78, 5) is 4.71. The molecule has 1 aromatic heterocycles. The fourth-order valence-electron chi connectivity index (χ4n) is 3.45. The molecule has 2 unspecified atom stereocenters. The number of aliphatic hydroxyl groups is 1. The van der Waals surface area contributed by atoms with E-state index in [1.165, 1.54) is 0 Å². The number of nitrogens with zero attached hydrogens (tertiary/aromatic N) is 2. The van der Waals surface area contributed by atoms with E-state index in [9.17, 15) is 5.11 Å². The lowest BCUT2D eigenvalue weighted by atomic mass is 9.80. The summed E-state index contributed by atoms with van der Waals surface area (Å²) in [6.07, 6.45) is 4.13. The van der Waals surface area contributed by atoms with Gasteiger partial charge in [0, 0.05) is 19.0 Å². The molecule has 0 saturated heterocycles. The lowest BCUT2D eigenvalue weighted by molar-refractivity contribution is -0.00408. The van der Waals surface area contributed by atoms with E-state index in [2.05, 4.69) is 17.6 Å². The third kappa shape index (κ3) is 2.45. The average molecular weight is 273 g/mol. The van der Waals surface area contributed by atoms with E-state index in [4.69, 9.17) is 10.7 Å². The van der Waals surface area contributed by atoms with Gasteiger partial charge >= 0.3 is 0 Å². The Labute approximate surface area is 119 Å². The molecular weight excluding hydrogens is 250 g/mol. The Morgan fingerprint density at radius 1 is 1.45 bits per heavy atom. The predicted octanol–water partition coefficient (Wildman–Crippen LogP) is 2.23. The van der Waals surface area contributed by atoms with E-state index < -0.39 is 5.60 Å². The van der Waals surface area contributed by atoms with Crippen molar-refractivity contribution in [2.45, 2.75) is 57.2 Å². The zero-order valence-corrected chi connectivity index (χ0v) is 12.0. The molecule has 1 aromatic carbocycles. The number of rotatable bonds is 3. The van der Waals surface area contributed by atoms with Crippen LogP contribution in [0.4, 0.5) is 0 Å². The number of fused-ring (bicyclic) bond motifs is 1. The summed E-state index contributed by atoms with van der Waals surface area (Å²) in [7, 11) is 0. The van der Waals surface area contributed by atoms with Gasteiger partial charge in [0.15, 0.2) is 0 Å². The van der Waals surface area contributed by atoms with Crippen LogP contribution >= 0.6 is 0 Å². The third-order valence-corrected chi connectivity index (χ3v) is 4.40. The fourth-order valence-corrected chi connectivity index (χ4v) is 3.45. The van der Waals surface area contributed by atoms with Gasteiger partial charge in [0.1, 0.15) is 5.82 Å². The predicted molar refractivity (Wildman–Crippen MR) is 80.5 cm³/mol. The minimum Gasteiger partial charge on any atom is -0.389 e. The van der Waals surface area contributed by atoms with Crippen LogP contribution in [0.15, 0.2) is 24.3 Å². The van der Waals surface area contributed by atoms with Gasteiger partial charge in [-0.3, -0.25) is 0 Å². The first-order chi connectivity index (χ1) is 9.61. The van der Waals surface area contributed by atoms with Crippen molar-refractivity contribution in [1.29, 1.82) is 0 Å². The Kier molecular flexibility index (Phi) is 3.52. The van der Waals surface area contributed by atoms with Crippen LogP contribution in [-0.2, 0) is 13.0 Å². The molecule has 0 radical (unpaired) electrons. The van der Waals surface area contributed by atoms with Crippen molar-refractivity contribution < 1.29 is 5.11 Å². The van der Waals surface area contributed by atoms with Gasteiger partial charge < -0.3 is 15.4 Å². The molecule has 0 amide bonds. The van der Waals surface area contributed by atoms with Gasteiger partial charge in [0.05, 0.1) is 16.6 Å². The minimum absolute atomic E-state index is 0.119. The van der Waals surface area contributed by atoms with Crippen molar-refractivity contribution in [3.8, 4) is 0 Å². The van der Waals surface area contributed by atoms with Gasteiger partial charge in [-0.05, 0) is 44.7 Å². The maximum atomic E-state index is 10.8. The van der Waals surface area contributed by atoms with E-state index in [0.717, 1.165) is 42.7 Å². The van der Waals surface area contributed by atoms with Crippen LogP contribution in [0.5, 0.6) is 0 Å². The lowest BCUT2D eigenvalue weighted by Crippen LogP contribution is -2.43. The number of para-hydroxylation sites is 2. The molecule has 2 atom stereocenters. The number of aryl methyl sites for hydroxylation is 1. The summed E-state index contributed by atoms with van der Waals surface area (Å²) in [5.74, 6) is 0.977. The van der Waals surface area contributed by atoms with Gasteiger partial charge in [-0.25, -0.2) is 4.98 Å². The third-order valence-electron chi connectivity index (χ3n) is 4.40. The van der Waals surface area contributed by atoms with Crippen LogP contribution in [0.25, 0.3) is 11.0 Å². The molecule has 2 aromatic rings. The summed E-state index contributed by atoms with van der Waals surface area (Å²) in [5.41, 5.74) is 7.49. The van der Waals surface area contributed by atoms with Crippen LogP contribution in [0, 0.1) is 0 Å². The first kappa shape index (κ1) is 13.6. The Hall–Kier alpha value is -1.39. The molecule has 4 heteroatoms. The molecule has 1 aliphatic carbocycles. The van der Waals surface area contributed by atoms with E-state index in [-0.39, 0.29) is 6.04 Å². The van der Waals surface area contributed by atoms with Gasteiger partial charge in [0.2, 0.25) is 0 Å². The topological polar surface area (TPSA) is 64.1 Å².